The van der Waals surface area contributed by atoms with Crippen LogP contribution in [0.2, 0.25) is 0 Å². The van der Waals surface area contributed by atoms with E-state index in [0.717, 1.165) is 22.8 Å². The van der Waals surface area contributed by atoms with E-state index in [2.05, 4.69) is 21.2 Å². The fourth-order valence-electron chi connectivity index (χ4n) is 3.59. The van der Waals surface area contributed by atoms with E-state index in [9.17, 15) is 4.79 Å². The van der Waals surface area contributed by atoms with Crippen LogP contribution in [-0.4, -0.2) is 60.9 Å². The van der Waals surface area contributed by atoms with Gasteiger partial charge in [0.05, 0.1) is 18.4 Å². The van der Waals surface area contributed by atoms with Crippen LogP contribution in [0, 0.1) is 11.3 Å². The molecule has 8 heteroatoms. The second-order valence-corrected chi connectivity index (χ2v) is 7.24. The number of anilines is 1. The summed E-state index contributed by atoms with van der Waals surface area (Å²) in [4.78, 5) is 16.4. The monoisotopic (exact) mass is 429 g/mol. The summed E-state index contributed by atoms with van der Waals surface area (Å²) in [5.41, 5.74) is 2.05. The summed E-state index contributed by atoms with van der Waals surface area (Å²) in [6.07, 6.45) is 0. The molecule has 1 saturated heterocycles. The lowest BCUT2D eigenvalue weighted by molar-refractivity contribution is -0.133. The molecule has 0 radical (unpaired) electrons. The largest absolute Gasteiger partial charge is 0.496 e. The number of nitrogens with zero attached hydrogens (tertiary/aromatic N) is 5. The van der Waals surface area contributed by atoms with Crippen LogP contribution < -0.4 is 14.4 Å². The van der Waals surface area contributed by atoms with Gasteiger partial charge in [-0.3, -0.25) is 4.79 Å². The first-order valence-corrected chi connectivity index (χ1v) is 10.3. The number of amides is 1. The Balaban J connectivity index is 1.32. The van der Waals surface area contributed by atoms with E-state index >= 15 is 0 Å². The third-order valence-corrected chi connectivity index (χ3v) is 5.35. The van der Waals surface area contributed by atoms with Gasteiger partial charge in [0.1, 0.15) is 17.6 Å². The van der Waals surface area contributed by atoms with E-state index in [4.69, 9.17) is 14.7 Å². The maximum absolute atomic E-state index is 12.5. The lowest BCUT2D eigenvalue weighted by Crippen LogP contribution is -2.50. The van der Waals surface area contributed by atoms with Gasteiger partial charge in [0, 0.05) is 31.7 Å². The molecule has 8 nitrogen and oxygen atoms in total. The summed E-state index contributed by atoms with van der Waals surface area (Å²) >= 11 is 0. The standard InChI is InChI=1S/C24H23N5O3/c1-31-22-9-5-3-7-19(22)20-10-11-23(27-26-20)28-12-14-29(15-13-28)24(30)17-32-21-8-4-2-6-18(21)16-25/h2-11H,12-15,17H2,1H3. The number of methoxy groups -OCH3 is 1. The van der Waals surface area contributed by atoms with Crippen molar-refractivity contribution in [3.63, 3.8) is 0 Å². The Morgan fingerprint density at radius 1 is 0.969 bits per heavy atom. The molecule has 0 bridgehead atoms. The average Bonchev–Trinajstić information content (AvgIpc) is 2.87. The molecule has 0 saturated carbocycles. The Kier molecular flexibility index (Phi) is 6.46. The Hall–Kier alpha value is -4.12. The molecule has 1 aliphatic heterocycles. The highest BCUT2D eigenvalue weighted by Crippen LogP contribution is 2.28. The van der Waals surface area contributed by atoms with Crippen LogP contribution in [0.25, 0.3) is 11.3 Å². The third kappa shape index (κ3) is 4.62. The molecule has 0 N–H and O–H groups in total. The van der Waals surface area contributed by atoms with Gasteiger partial charge in [-0.05, 0) is 36.4 Å². The summed E-state index contributed by atoms with van der Waals surface area (Å²) in [5.74, 6) is 1.85. The van der Waals surface area contributed by atoms with Crippen LogP contribution in [0.4, 0.5) is 5.82 Å². The zero-order valence-electron chi connectivity index (χ0n) is 17.8. The number of ether oxygens (including phenoxy) is 2. The van der Waals surface area contributed by atoms with Crippen molar-refractivity contribution in [1.29, 1.82) is 5.26 Å². The maximum atomic E-state index is 12.5. The van der Waals surface area contributed by atoms with Crippen molar-refractivity contribution in [2.24, 2.45) is 0 Å². The number of carbonyl (C=O) groups excluding carboxylic acids is 1. The minimum Gasteiger partial charge on any atom is -0.496 e. The second kappa shape index (κ2) is 9.79. The molecule has 1 aliphatic rings. The van der Waals surface area contributed by atoms with Gasteiger partial charge >= 0.3 is 0 Å². The first kappa shape index (κ1) is 21.1. The number of hydrogen-bond donors (Lipinski definition) is 0. The highest BCUT2D eigenvalue weighted by molar-refractivity contribution is 5.78. The van der Waals surface area contributed by atoms with E-state index < -0.39 is 0 Å². The number of piperazine rings is 1. The first-order valence-electron chi connectivity index (χ1n) is 10.3. The quantitative estimate of drug-likeness (QED) is 0.595. The van der Waals surface area contributed by atoms with Gasteiger partial charge in [0.15, 0.2) is 12.4 Å². The number of carbonyl (C=O) groups is 1. The van der Waals surface area contributed by atoms with E-state index in [0.29, 0.717) is 37.5 Å². The van der Waals surface area contributed by atoms with Crippen LogP contribution >= 0.6 is 0 Å². The normalized spacial score (nSPS) is 13.4. The van der Waals surface area contributed by atoms with Crippen LogP contribution in [0.15, 0.2) is 60.7 Å². The van der Waals surface area contributed by atoms with Crippen molar-refractivity contribution >= 4 is 11.7 Å². The molecule has 0 unspecified atom stereocenters. The third-order valence-electron chi connectivity index (χ3n) is 5.35. The molecule has 162 valence electrons. The van der Waals surface area contributed by atoms with Crippen LogP contribution in [0.1, 0.15) is 5.56 Å². The Bertz CT molecular complexity index is 1120. The summed E-state index contributed by atoms with van der Waals surface area (Å²) in [5, 5.41) is 17.9. The number of benzene rings is 2. The predicted octanol–water partition coefficient (Wildman–Crippen LogP) is 2.75. The zero-order valence-corrected chi connectivity index (χ0v) is 17.8. The first-order chi connectivity index (χ1) is 15.7. The summed E-state index contributed by atoms with van der Waals surface area (Å²) in [6.45, 7) is 2.36. The van der Waals surface area contributed by atoms with Crippen LogP contribution in [0.5, 0.6) is 11.5 Å². The van der Waals surface area contributed by atoms with Gasteiger partial charge < -0.3 is 19.3 Å². The molecule has 1 fully saturated rings. The zero-order chi connectivity index (χ0) is 22.3. The highest BCUT2D eigenvalue weighted by atomic mass is 16.5. The summed E-state index contributed by atoms with van der Waals surface area (Å²) < 4.78 is 11.0. The van der Waals surface area contributed by atoms with Crippen molar-refractivity contribution in [2.45, 2.75) is 0 Å². The minimum absolute atomic E-state index is 0.0912. The van der Waals surface area contributed by atoms with E-state index in [1.165, 1.54) is 0 Å². The predicted molar refractivity (Wildman–Crippen MR) is 119 cm³/mol. The lowest BCUT2D eigenvalue weighted by Gasteiger charge is -2.35. The fourth-order valence-corrected chi connectivity index (χ4v) is 3.59. The Morgan fingerprint density at radius 2 is 1.69 bits per heavy atom. The average molecular weight is 429 g/mol. The van der Waals surface area contributed by atoms with Crippen molar-refractivity contribution < 1.29 is 14.3 Å². The van der Waals surface area contributed by atoms with Crippen LogP contribution in [0.3, 0.4) is 0 Å². The molecule has 1 amide bonds. The number of aromatic nitrogens is 2. The SMILES string of the molecule is COc1ccccc1-c1ccc(N2CCN(C(=O)COc3ccccc3C#N)CC2)nn1. The Labute approximate surface area is 186 Å². The fraction of sp³-hybridized carbons (Fsp3) is 0.250. The van der Waals surface area contributed by atoms with Crippen molar-refractivity contribution in [3.8, 4) is 28.8 Å². The van der Waals surface area contributed by atoms with E-state index in [-0.39, 0.29) is 12.5 Å². The van der Waals surface area contributed by atoms with Gasteiger partial charge in [0.2, 0.25) is 0 Å². The van der Waals surface area contributed by atoms with E-state index in [1.54, 1.807) is 36.3 Å². The van der Waals surface area contributed by atoms with E-state index in [1.807, 2.05) is 36.4 Å². The molecule has 4 rings (SSSR count). The van der Waals surface area contributed by atoms with Gasteiger partial charge in [0.25, 0.3) is 5.91 Å². The minimum atomic E-state index is -0.102. The maximum Gasteiger partial charge on any atom is 0.260 e. The summed E-state index contributed by atoms with van der Waals surface area (Å²) in [6, 6.07) is 20.5. The van der Waals surface area contributed by atoms with Crippen molar-refractivity contribution in [2.75, 3.05) is 44.8 Å². The number of rotatable bonds is 6. The molecule has 0 aliphatic carbocycles. The van der Waals surface area contributed by atoms with Crippen LogP contribution in [-0.2, 0) is 4.79 Å². The number of para-hydroxylation sites is 2. The molecule has 1 aromatic heterocycles. The molecule has 0 atom stereocenters. The number of hydrogen-bond acceptors (Lipinski definition) is 7. The molecular weight excluding hydrogens is 406 g/mol. The molecule has 32 heavy (non-hydrogen) atoms. The molecular formula is C24H23N5O3. The van der Waals surface area contributed by atoms with Crippen molar-refractivity contribution in [3.05, 3.63) is 66.2 Å². The van der Waals surface area contributed by atoms with Gasteiger partial charge in [-0.25, -0.2) is 0 Å². The van der Waals surface area contributed by atoms with Gasteiger partial charge in [-0.15, -0.1) is 10.2 Å². The number of nitriles is 1. The van der Waals surface area contributed by atoms with Crippen molar-refractivity contribution in [1.82, 2.24) is 15.1 Å². The topological polar surface area (TPSA) is 91.6 Å². The smallest absolute Gasteiger partial charge is 0.260 e. The lowest BCUT2D eigenvalue weighted by atomic mass is 10.1. The molecule has 3 aromatic rings. The summed E-state index contributed by atoms with van der Waals surface area (Å²) in [7, 11) is 1.63. The molecule has 2 heterocycles. The van der Waals surface area contributed by atoms with Gasteiger partial charge in [-0.1, -0.05) is 24.3 Å². The van der Waals surface area contributed by atoms with Gasteiger partial charge in [-0.2, -0.15) is 5.26 Å². The Morgan fingerprint density at radius 3 is 2.38 bits per heavy atom. The highest BCUT2D eigenvalue weighted by Gasteiger charge is 2.23. The molecule has 2 aromatic carbocycles. The molecule has 0 spiro atoms. The second-order valence-electron chi connectivity index (χ2n) is 7.24.